The monoisotopic (exact) mass is 298 g/mol. The zero-order valence-corrected chi connectivity index (χ0v) is 11.8. The van der Waals surface area contributed by atoms with Gasteiger partial charge in [-0.05, 0) is 18.6 Å². The van der Waals surface area contributed by atoms with Crippen LogP contribution in [0.1, 0.15) is 24.1 Å². The molecule has 0 bridgehead atoms. The van der Waals surface area contributed by atoms with Crippen LogP contribution in [0.25, 0.3) is 10.9 Å². The lowest BCUT2D eigenvalue weighted by molar-refractivity contribution is 0.192. The summed E-state index contributed by atoms with van der Waals surface area (Å²) in [5.74, 6) is 1.24. The van der Waals surface area contributed by atoms with Crippen molar-refractivity contribution in [1.29, 1.82) is 0 Å². The maximum absolute atomic E-state index is 12.4. The zero-order chi connectivity index (χ0) is 14.9. The van der Waals surface area contributed by atoms with E-state index in [1.54, 1.807) is 6.07 Å². The summed E-state index contributed by atoms with van der Waals surface area (Å²) >= 11 is 0. The molecule has 0 radical (unpaired) electrons. The standard InChI is InChI=1S/C15H14N4O3/c20-15-11-3-1-2-4-12(11)16-9-19(15)7-13-17-14(18-22-13)10-5-6-21-8-10/h1-4,9-10H,5-8H2/t10-/m1/s1. The number of hydrogen-bond acceptors (Lipinski definition) is 6. The summed E-state index contributed by atoms with van der Waals surface area (Å²) in [5.41, 5.74) is 0.563. The normalized spacial score (nSPS) is 18.1. The third kappa shape index (κ3) is 2.29. The Hall–Kier alpha value is -2.54. The van der Waals surface area contributed by atoms with Crippen LogP contribution < -0.4 is 5.56 Å². The molecule has 0 saturated carbocycles. The highest BCUT2D eigenvalue weighted by Gasteiger charge is 2.23. The first-order valence-electron chi connectivity index (χ1n) is 7.15. The fourth-order valence-corrected chi connectivity index (χ4v) is 2.60. The molecule has 1 fully saturated rings. The van der Waals surface area contributed by atoms with E-state index in [-0.39, 0.29) is 18.0 Å². The smallest absolute Gasteiger partial charge is 0.261 e. The number of para-hydroxylation sites is 1. The largest absolute Gasteiger partial charge is 0.381 e. The van der Waals surface area contributed by atoms with Crippen LogP contribution in [-0.2, 0) is 11.3 Å². The van der Waals surface area contributed by atoms with Gasteiger partial charge in [-0.3, -0.25) is 9.36 Å². The fourth-order valence-electron chi connectivity index (χ4n) is 2.60. The molecule has 7 nitrogen and oxygen atoms in total. The first-order chi connectivity index (χ1) is 10.8. The topological polar surface area (TPSA) is 83.0 Å². The van der Waals surface area contributed by atoms with Crippen molar-refractivity contribution < 1.29 is 9.26 Å². The molecule has 1 aromatic carbocycles. The van der Waals surface area contributed by atoms with Crippen LogP contribution in [0.3, 0.4) is 0 Å². The van der Waals surface area contributed by atoms with Crippen molar-refractivity contribution in [2.45, 2.75) is 18.9 Å². The minimum atomic E-state index is -0.116. The van der Waals surface area contributed by atoms with E-state index in [1.165, 1.54) is 10.9 Å². The van der Waals surface area contributed by atoms with Crippen LogP contribution in [0.15, 0.2) is 39.9 Å². The Kier molecular flexibility index (Phi) is 3.19. The molecule has 7 heteroatoms. The molecule has 3 aromatic rings. The molecule has 0 aliphatic carbocycles. The summed E-state index contributed by atoms with van der Waals surface area (Å²) < 4.78 is 12.0. The summed E-state index contributed by atoms with van der Waals surface area (Å²) in [6.45, 7) is 1.57. The molecule has 1 atom stereocenters. The van der Waals surface area contributed by atoms with Crippen LogP contribution in [0.5, 0.6) is 0 Å². The number of ether oxygens (including phenoxy) is 1. The Morgan fingerprint density at radius 2 is 2.23 bits per heavy atom. The molecule has 22 heavy (non-hydrogen) atoms. The molecule has 1 aliphatic heterocycles. The summed E-state index contributed by atoms with van der Waals surface area (Å²) in [5, 5.41) is 4.56. The number of rotatable bonds is 3. The predicted octanol–water partition coefficient (Wildman–Crippen LogP) is 1.33. The molecule has 1 saturated heterocycles. The Morgan fingerprint density at radius 3 is 3.09 bits per heavy atom. The van der Waals surface area contributed by atoms with Gasteiger partial charge in [0, 0.05) is 12.5 Å². The average Bonchev–Trinajstić information content (AvgIpc) is 3.21. The number of aromatic nitrogens is 4. The van der Waals surface area contributed by atoms with E-state index in [0.29, 0.717) is 29.2 Å². The van der Waals surface area contributed by atoms with E-state index in [2.05, 4.69) is 15.1 Å². The molecule has 2 aromatic heterocycles. The van der Waals surface area contributed by atoms with Crippen molar-refractivity contribution in [3.63, 3.8) is 0 Å². The van der Waals surface area contributed by atoms with Crippen molar-refractivity contribution in [1.82, 2.24) is 19.7 Å². The summed E-state index contributed by atoms with van der Waals surface area (Å²) in [7, 11) is 0. The van der Waals surface area contributed by atoms with Crippen molar-refractivity contribution >= 4 is 10.9 Å². The number of fused-ring (bicyclic) bond motifs is 1. The van der Waals surface area contributed by atoms with Gasteiger partial charge in [0.25, 0.3) is 5.56 Å². The molecule has 0 amide bonds. The van der Waals surface area contributed by atoms with E-state index in [9.17, 15) is 4.79 Å². The van der Waals surface area contributed by atoms with Crippen LogP contribution in [0, 0.1) is 0 Å². The molecule has 3 heterocycles. The SMILES string of the molecule is O=c1c2ccccc2ncn1Cc1nc([C@@H]2CCOC2)no1. The van der Waals surface area contributed by atoms with Crippen molar-refractivity contribution in [3.8, 4) is 0 Å². The van der Waals surface area contributed by atoms with Gasteiger partial charge in [0.2, 0.25) is 5.89 Å². The molecule has 0 unspecified atom stereocenters. The van der Waals surface area contributed by atoms with E-state index in [4.69, 9.17) is 9.26 Å². The van der Waals surface area contributed by atoms with Crippen LogP contribution in [0.2, 0.25) is 0 Å². The van der Waals surface area contributed by atoms with Gasteiger partial charge in [-0.15, -0.1) is 0 Å². The Balaban J connectivity index is 1.63. The second-order valence-corrected chi connectivity index (χ2v) is 5.30. The van der Waals surface area contributed by atoms with Gasteiger partial charge in [0.1, 0.15) is 6.54 Å². The van der Waals surface area contributed by atoms with Gasteiger partial charge in [-0.1, -0.05) is 17.3 Å². The highest BCUT2D eigenvalue weighted by molar-refractivity contribution is 5.76. The molecule has 4 rings (SSSR count). The van der Waals surface area contributed by atoms with Crippen molar-refractivity contribution in [2.75, 3.05) is 13.2 Å². The maximum Gasteiger partial charge on any atom is 0.261 e. The van der Waals surface area contributed by atoms with Crippen LogP contribution in [-0.4, -0.2) is 32.9 Å². The van der Waals surface area contributed by atoms with Crippen molar-refractivity contribution in [3.05, 3.63) is 52.7 Å². The Bertz CT molecular complexity index is 864. The quantitative estimate of drug-likeness (QED) is 0.725. The summed E-state index contributed by atoms with van der Waals surface area (Å²) in [4.78, 5) is 21.0. The van der Waals surface area contributed by atoms with Crippen molar-refractivity contribution in [2.24, 2.45) is 0 Å². The first kappa shape index (κ1) is 13.1. The average molecular weight is 298 g/mol. The highest BCUT2D eigenvalue weighted by atomic mass is 16.5. The molecule has 0 N–H and O–H groups in total. The third-order valence-corrected chi connectivity index (χ3v) is 3.82. The molecular weight excluding hydrogens is 284 g/mol. The molecular formula is C15H14N4O3. The second-order valence-electron chi connectivity index (χ2n) is 5.30. The van der Waals surface area contributed by atoms with Crippen LogP contribution >= 0.6 is 0 Å². The highest BCUT2D eigenvalue weighted by Crippen LogP contribution is 2.22. The maximum atomic E-state index is 12.4. The lowest BCUT2D eigenvalue weighted by Gasteiger charge is -2.03. The van der Waals surface area contributed by atoms with Gasteiger partial charge in [-0.25, -0.2) is 4.98 Å². The zero-order valence-electron chi connectivity index (χ0n) is 11.8. The molecule has 1 aliphatic rings. The third-order valence-electron chi connectivity index (χ3n) is 3.82. The fraction of sp³-hybridized carbons (Fsp3) is 0.333. The first-order valence-corrected chi connectivity index (χ1v) is 7.15. The second kappa shape index (κ2) is 5.34. The molecule has 112 valence electrons. The van der Waals surface area contributed by atoms with E-state index < -0.39 is 0 Å². The lowest BCUT2D eigenvalue weighted by atomic mass is 10.1. The predicted molar refractivity (Wildman–Crippen MR) is 77.6 cm³/mol. The summed E-state index contributed by atoms with van der Waals surface area (Å²) in [6, 6.07) is 7.25. The summed E-state index contributed by atoms with van der Waals surface area (Å²) in [6.07, 6.45) is 2.41. The van der Waals surface area contributed by atoms with Crippen LogP contribution in [0.4, 0.5) is 0 Å². The van der Waals surface area contributed by atoms with Gasteiger partial charge in [-0.2, -0.15) is 4.98 Å². The number of benzene rings is 1. The Morgan fingerprint density at radius 1 is 1.32 bits per heavy atom. The Labute approximate surface area is 125 Å². The number of nitrogens with zero attached hydrogens (tertiary/aromatic N) is 4. The van der Waals surface area contributed by atoms with Gasteiger partial charge < -0.3 is 9.26 Å². The van der Waals surface area contributed by atoms with Gasteiger partial charge in [0.15, 0.2) is 5.82 Å². The number of hydrogen-bond donors (Lipinski definition) is 0. The van der Waals surface area contributed by atoms with E-state index >= 15 is 0 Å². The van der Waals surface area contributed by atoms with Gasteiger partial charge in [0.05, 0.1) is 23.8 Å². The molecule has 0 spiro atoms. The minimum Gasteiger partial charge on any atom is -0.381 e. The van der Waals surface area contributed by atoms with E-state index in [1.807, 2.05) is 18.2 Å². The van der Waals surface area contributed by atoms with E-state index in [0.717, 1.165) is 13.0 Å². The minimum absolute atomic E-state index is 0.116. The lowest BCUT2D eigenvalue weighted by Crippen LogP contribution is -2.21. The van der Waals surface area contributed by atoms with Gasteiger partial charge >= 0.3 is 0 Å².